The first-order valence-corrected chi connectivity index (χ1v) is 11.6. The number of benzene rings is 2. The van der Waals surface area contributed by atoms with E-state index in [1.54, 1.807) is 4.90 Å². The molecule has 172 valence electrons. The van der Waals surface area contributed by atoms with Gasteiger partial charge in [0.05, 0.1) is 5.69 Å². The number of anilines is 2. The minimum Gasteiger partial charge on any atom is -0.328 e. The molecule has 7 nitrogen and oxygen atoms in total. The molecular formula is C26H31N5O2. The van der Waals surface area contributed by atoms with E-state index in [1.165, 1.54) is 0 Å². The Balaban J connectivity index is 1.18. The van der Waals surface area contributed by atoms with Gasteiger partial charge in [0.1, 0.15) is 0 Å². The van der Waals surface area contributed by atoms with Crippen molar-refractivity contribution in [3.63, 3.8) is 0 Å². The molecule has 0 radical (unpaired) electrons. The Morgan fingerprint density at radius 1 is 1.06 bits per heavy atom. The summed E-state index contributed by atoms with van der Waals surface area (Å²) < 4.78 is 0. The van der Waals surface area contributed by atoms with Gasteiger partial charge in [-0.05, 0) is 61.9 Å². The van der Waals surface area contributed by atoms with E-state index in [-0.39, 0.29) is 11.9 Å². The fourth-order valence-corrected chi connectivity index (χ4v) is 4.06. The number of nitrogens with zero attached hydrogens (tertiary/aromatic N) is 2. The number of aromatic nitrogens is 2. The summed E-state index contributed by atoms with van der Waals surface area (Å²) >= 11 is 0. The molecular weight excluding hydrogens is 414 g/mol. The zero-order valence-corrected chi connectivity index (χ0v) is 19.1. The van der Waals surface area contributed by atoms with Crippen molar-refractivity contribution >= 4 is 23.3 Å². The average molecular weight is 446 g/mol. The highest BCUT2D eigenvalue weighted by Gasteiger charge is 2.14. The van der Waals surface area contributed by atoms with Crippen LogP contribution >= 0.6 is 0 Å². The van der Waals surface area contributed by atoms with Crippen LogP contribution in [-0.4, -0.2) is 40.6 Å². The third kappa shape index (κ3) is 6.22. The predicted octanol–water partition coefficient (Wildman–Crippen LogP) is 5.23. The molecule has 3 N–H and O–H groups in total. The number of H-pyrrole nitrogens is 1. The van der Waals surface area contributed by atoms with Gasteiger partial charge >= 0.3 is 6.03 Å². The van der Waals surface area contributed by atoms with Crippen molar-refractivity contribution in [3.05, 3.63) is 65.9 Å². The third-order valence-electron chi connectivity index (χ3n) is 5.97. The van der Waals surface area contributed by atoms with E-state index in [1.807, 2.05) is 43.4 Å². The lowest BCUT2D eigenvalue weighted by atomic mass is 10.1. The monoisotopic (exact) mass is 445 g/mol. The summed E-state index contributed by atoms with van der Waals surface area (Å²) in [5.74, 6) is 0.0504. The van der Waals surface area contributed by atoms with Crippen molar-refractivity contribution in [2.45, 2.75) is 44.9 Å². The zero-order valence-electron chi connectivity index (χ0n) is 19.1. The van der Waals surface area contributed by atoms with E-state index in [0.29, 0.717) is 13.0 Å². The molecule has 1 aromatic heterocycles. The van der Waals surface area contributed by atoms with Crippen molar-refractivity contribution in [2.75, 3.05) is 24.2 Å². The molecule has 0 atom stereocenters. The quantitative estimate of drug-likeness (QED) is 0.415. The number of fused-ring (bicyclic) bond motifs is 1. The van der Waals surface area contributed by atoms with Crippen LogP contribution in [0.15, 0.2) is 54.6 Å². The van der Waals surface area contributed by atoms with E-state index < -0.39 is 0 Å². The van der Waals surface area contributed by atoms with Gasteiger partial charge < -0.3 is 15.5 Å². The van der Waals surface area contributed by atoms with Crippen LogP contribution in [0.2, 0.25) is 0 Å². The van der Waals surface area contributed by atoms with Crippen LogP contribution in [-0.2, 0) is 17.6 Å². The van der Waals surface area contributed by atoms with Crippen molar-refractivity contribution in [1.82, 2.24) is 15.1 Å². The number of rotatable bonds is 8. The molecule has 33 heavy (non-hydrogen) atoms. The molecule has 1 aliphatic heterocycles. The van der Waals surface area contributed by atoms with Crippen LogP contribution in [0.5, 0.6) is 0 Å². The number of nitrogens with one attached hydrogen (secondary N) is 3. The normalized spacial score (nSPS) is 13.1. The average Bonchev–Trinajstić information content (AvgIpc) is 3.21. The van der Waals surface area contributed by atoms with Gasteiger partial charge in [-0.2, -0.15) is 5.10 Å². The number of urea groups is 1. The number of carbonyl (C=O) groups is 2. The largest absolute Gasteiger partial charge is 0.328 e. The summed E-state index contributed by atoms with van der Waals surface area (Å²) in [6.45, 7) is 0.699. The lowest BCUT2D eigenvalue weighted by Gasteiger charge is -2.18. The fraction of sp³-hybridized carbons (Fsp3) is 0.346. The van der Waals surface area contributed by atoms with E-state index in [9.17, 15) is 9.59 Å². The van der Waals surface area contributed by atoms with Gasteiger partial charge in [0.25, 0.3) is 0 Å². The maximum atomic E-state index is 12.6. The number of unbranched alkanes of at least 4 members (excludes halogenated alkanes) is 2. The maximum Gasteiger partial charge on any atom is 0.321 e. The van der Waals surface area contributed by atoms with Gasteiger partial charge in [0.15, 0.2) is 0 Å². The molecule has 0 bridgehead atoms. The summed E-state index contributed by atoms with van der Waals surface area (Å²) in [5.41, 5.74) is 5.90. The lowest BCUT2D eigenvalue weighted by Crippen LogP contribution is -2.32. The van der Waals surface area contributed by atoms with Crippen LogP contribution in [0.4, 0.5) is 16.2 Å². The highest BCUT2D eigenvalue weighted by Crippen LogP contribution is 2.25. The molecule has 3 aromatic rings. The number of aryl methyl sites for hydroxylation is 2. The summed E-state index contributed by atoms with van der Waals surface area (Å²) in [6.07, 6.45) is 6.16. The van der Waals surface area contributed by atoms with Crippen LogP contribution in [0, 0.1) is 0 Å². The van der Waals surface area contributed by atoms with Crippen LogP contribution in [0.1, 0.15) is 43.4 Å². The highest BCUT2D eigenvalue weighted by atomic mass is 16.2. The molecule has 2 aromatic carbocycles. The lowest BCUT2D eigenvalue weighted by molar-refractivity contribution is -0.116. The smallest absolute Gasteiger partial charge is 0.321 e. The SMILES string of the molecule is CN(CCCCCc1cc(-c2ccccc2)n[nH]1)C(=O)Nc1ccc2c(c1)CCCC(=O)N2. The van der Waals surface area contributed by atoms with Gasteiger partial charge in [0.2, 0.25) is 5.91 Å². The summed E-state index contributed by atoms with van der Waals surface area (Å²) in [6, 6.07) is 17.8. The number of carbonyl (C=O) groups excluding carboxylic acids is 2. The molecule has 3 amide bonds. The second-order valence-corrected chi connectivity index (χ2v) is 8.58. The van der Waals surface area contributed by atoms with Crippen LogP contribution < -0.4 is 10.6 Å². The van der Waals surface area contributed by atoms with Gasteiger partial charge in [-0.25, -0.2) is 4.79 Å². The predicted molar refractivity (Wildman–Crippen MR) is 131 cm³/mol. The molecule has 0 fully saturated rings. The summed E-state index contributed by atoms with van der Waals surface area (Å²) in [7, 11) is 1.82. The van der Waals surface area contributed by atoms with E-state index in [4.69, 9.17) is 0 Å². The number of hydrogen-bond donors (Lipinski definition) is 3. The number of hydrogen-bond acceptors (Lipinski definition) is 3. The Hall–Kier alpha value is -3.61. The molecule has 0 unspecified atom stereocenters. The van der Waals surface area contributed by atoms with E-state index >= 15 is 0 Å². The zero-order chi connectivity index (χ0) is 23.0. The van der Waals surface area contributed by atoms with Crippen molar-refractivity contribution in [3.8, 4) is 11.3 Å². The second-order valence-electron chi connectivity index (χ2n) is 8.58. The van der Waals surface area contributed by atoms with Crippen molar-refractivity contribution in [2.24, 2.45) is 0 Å². The fourth-order valence-electron chi connectivity index (χ4n) is 4.06. The Bertz CT molecular complexity index is 1090. The van der Waals surface area contributed by atoms with Gasteiger partial charge in [-0.15, -0.1) is 0 Å². The molecule has 2 heterocycles. The van der Waals surface area contributed by atoms with Gasteiger partial charge in [-0.1, -0.05) is 36.8 Å². The standard InChI is InChI=1S/C26H31N5O2/c1-31(26(33)27-21-14-15-23-20(17-21)11-8-13-25(32)28-23)16-7-3-6-12-22-18-24(30-29-22)19-9-4-2-5-10-19/h2,4-5,9-10,14-15,17-18H,3,6-8,11-13,16H2,1H3,(H,27,33)(H,28,32)(H,29,30). The summed E-state index contributed by atoms with van der Waals surface area (Å²) in [4.78, 5) is 26.0. The Kier molecular flexibility index (Phi) is 7.40. The van der Waals surface area contributed by atoms with E-state index in [2.05, 4.69) is 39.0 Å². The first-order chi connectivity index (χ1) is 16.1. The number of amides is 3. The summed E-state index contributed by atoms with van der Waals surface area (Å²) in [5, 5.41) is 13.4. The topological polar surface area (TPSA) is 90.1 Å². The number of aromatic amines is 1. The molecule has 0 aliphatic carbocycles. The maximum absolute atomic E-state index is 12.6. The Morgan fingerprint density at radius 3 is 2.76 bits per heavy atom. The second kappa shape index (κ2) is 10.8. The minimum atomic E-state index is -0.117. The van der Waals surface area contributed by atoms with Gasteiger partial charge in [0, 0.05) is 42.6 Å². The van der Waals surface area contributed by atoms with Gasteiger partial charge in [-0.3, -0.25) is 9.89 Å². The molecule has 1 aliphatic rings. The molecule has 0 spiro atoms. The molecule has 7 heteroatoms. The van der Waals surface area contributed by atoms with Crippen LogP contribution in [0.3, 0.4) is 0 Å². The molecule has 4 rings (SSSR count). The molecule has 0 saturated heterocycles. The third-order valence-corrected chi connectivity index (χ3v) is 5.97. The Morgan fingerprint density at radius 2 is 1.91 bits per heavy atom. The Labute approximate surface area is 194 Å². The van der Waals surface area contributed by atoms with Crippen molar-refractivity contribution in [1.29, 1.82) is 0 Å². The van der Waals surface area contributed by atoms with E-state index in [0.717, 1.165) is 72.4 Å². The molecule has 0 saturated carbocycles. The first-order valence-electron chi connectivity index (χ1n) is 11.6. The van der Waals surface area contributed by atoms with Crippen LogP contribution in [0.25, 0.3) is 11.3 Å². The first kappa shape index (κ1) is 22.6. The highest BCUT2D eigenvalue weighted by molar-refractivity contribution is 5.94. The minimum absolute atomic E-state index is 0.0504. The van der Waals surface area contributed by atoms with Crippen molar-refractivity contribution < 1.29 is 9.59 Å².